The van der Waals surface area contributed by atoms with Crippen LogP contribution in [0, 0.1) is 0 Å². The molecule has 8 heteroatoms. The highest BCUT2D eigenvalue weighted by atomic mass is 35.5. The Morgan fingerprint density at radius 1 is 1.62 bits per heavy atom. The van der Waals surface area contributed by atoms with Gasteiger partial charge in [-0.25, -0.2) is 13.1 Å². The zero-order valence-corrected chi connectivity index (χ0v) is 10.7. The zero-order chi connectivity index (χ0) is 12.3. The minimum absolute atomic E-state index is 0.0529. The van der Waals surface area contributed by atoms with Gasteiger partial charge in [0, 0.05) is 11.4 Å². The van der Waals surface area contributed by atoms with Crippen molar-refractivity contribution >= 4 is 38.9 Å². The number of carbonyl (C=O) groups is 1. The summed E-state index contributed by atoms with van der Waals surface area (Å²) >= 11 is 6.91. The number of thiophene rings is 1. The zero-order valence-electron chi connectivity index (χ0n) is 8.31. The minimum atomic E-state index is -3.83. The molecular formula is C8H10ClNO4S2. The van der Waals surface area contributed by atoms with Gasteiger partial charge in [0.15, 0.2) is 5.25 Å². The van der Waals surface area contributed by atoms with Crippen LogP contribution in [0.4, 0.5) is 0 Å². The van der Waals surface area contributed by atoms with E-state index in [2.05, 4.69) is 4.72 Å². The van der Waals surface area contributed by atoms with Crippen molar-refractivity contribution in [3.63, 3.8) is 0 Å². The van der Waals surface area contributed by atoms with Gasteiger partial charge in [-0.1, -0.05) is 11.6 Å². The van der Waals surface area contributed by atoms with Crippen molar-refractivity contribution in [3.8, 4) is 0 Å². The minimum Gasteiger partial charge on any atom is -0.480 e. The van der Waals surface area contributed by atoms with Crippen LogP contribution < -0.4 is 4.72 Å². The van der Waals surface area contributed by atoms with E-state index in [1.807, 2.05) is 0 Å². The molecule has 0 radical (unpaired) electrons. The third-order valence-corrected chi connectivity index (χ3v) is 4.80. The van der Waals surface area contributed by atoms with E-state index in [-0.39, 0.29) is 6.54 Å². The van der Waals surface area contributed by atoms with Gasteiger partial charge in [0.05, 0.1) is 4.34 Å². The first kappa shape index (κ1) is 13.4. The fourth-order valence-electron chi connectivity index (χ4n) is 0.876. The average molecular weight is 284 g/mol. The predicted octanol–water partition coefficient (Wildman–Crippen LogP) is 1.29. The molecule has 1 atom stereocenters. The summed E-state index contributed by atoms with van der Waals surface area (Å²) in [5.74, 6) is -1.38. The lowest BCUT2D eigenvalue weighted by molar-refractivity contribution is -0.136. The number of carboxylic acids is 1. The molecule has 0 saturated carbocycles. The number of carboxylic acid groups (broad SMARTS) is 1. The molecule has 0 amide bonds. The molecule has 0 aliphatic carbocycles. The van der Waals surface area contributed by atoms with Gasteiger partial charge in [0.25, 0.3) is 0 Å². The van der Waals surface area contributed by atoms with E-state index in [4.69, 9.17) is 16.7 Å². The van der Waals surface area contributed by atoms with E-state index in [0.717, 1.165) is 11.8 Å². The summed E-state index contributed by atoms with van der Waals surface area (Å²) in [6.07, 6.45) is 0. The molecule has 0 aromatic carbocycles. The fraction of sp³-hybridized carbons (Fsp3) is 0.375. The van der Waals surface area contributed by atoms with Crippen molar-refractivity contribution in [2.75, 3.05) is 0 Å². The van der Waals surface area contributed by atoms with E-state index in [1.165, 1.54) is 11.3 Å². The molecule has 2 N–H and O–H groups in total. The Morgan fingerprint density at radius 2 is 2.25 bits per heavy atom. The lowest BCUT2D eigenvalue weighted by atomic mass is 10.5. The number of aliphatic carboxylic acids is 1. The maximum atomic E-state index is 11.4. The summed E-state index contributed by atoms with van der Waals surface area (Å²) in [5.41, 5.74) is 0. The van der Waals surface area contributed by atoms with Crippen molar-refractivity contribution in [2.45, 2.75) is 18.7 Å². The number of sulfonamides is 1. The van der Waals surface area contributed by atoms with Crippen molar-refractivity contribution in [2.24, 2.45) is 0 Å². The van der Waals surface area contributed by atoms with Gasteiger partial charge in [0.1, 0.15) is 0 Å². The van der Waals surface area contributed by atoms with Crippen LogP contribution in [0.25, 0.3) is 0 Å². The largest absolute Gasteiger partial charge is 0.480 e. The molecule has 1 aromatic rings. The van der Waals surface area contributed by atoms with Crippen LogP contribution in [-0.2, 0) is 21.4 Å². The number of halogens is 1. The molecule has 0 saturated heterocycles. The first-order valence-electron chi connectivity index (χ1n) is 4.28. The molecule has 0 spiro atoms. The fourth-order valence-corrected chi connectivity index (χ4v) is 2.87. The Morgan fingerprint density at radius 3 is 2.69 bits per heavy atom. The van der Waals surface area contributed by atoms with Gasteiger partial charge < -0.3 is 5.11 Å². The molecule has 0 aliphatic heterocycles. The van der Waals surface area contributed by atoms with Gasteiger partial charge in [-0.3, -0.25) is 4.79 Å². The molecule has 1 heterocycles. The van der Waals surface area contributed by atoms with E-state index < -0.39 is 21.2 Å². The molecule has 90 valence electrons. The summed E-state index contributed by atoms with van der Waals surface area (Å²) in [7, 11) is -3.83. The molecule has 5 nitrogen and oxygen atoms in total. The van der Waals surface area contributed by atoms with Crippen molar-refractivity contribution in [1.29, 1.82) is 0 Å². The summed E-state index contributed by atoms with van der Waals surface area (Å²) in [6.45, 7) is 1.17. The van der Waals surface area contributed by atoms with Crippen molar-refractivity contribution < 1.29 is 18.3 Å². The molecule has 0 fully saturated rings. The lowest BCUT2D eigenvalue weighted by Gasteiger charge is -2.08. The quantitative estimate of drug-likeness (QED) is 0.853. The highest BCUT2D eigenvalue weighted by Crippen LogP contribution is 2.21. The van der Waals surface area contributed by atoms with E-state index >= 15 is 0 Å². The summed E-state index contributed by atoms with van der Waals surface area (Å²) < 4.78 is 25.6. The third kappa shape index (κ3) is 3.44. The smallest absolute Gasteiger partial charge is 0.323 e. The highest BCUT2D eigenvalue weighted by molar-refractivity contribution is 7.90. The average Bonchev–Trinajstić information content (AvgIpc) is 2.60. The van der Waals surface area contributed by atoms with E-state index in [0.29, 0.717) is 4.34 Å². The Bertz CT molecular complexity index is 482. The molecule has 0 aliphatic rings. The Hall–Kier alpha value is -0.630. The van der Waals surface area contributed by atoms with E-state index in [1.54, 1.807) is 12.1 Å². The predicted molar refractivity (Wildman–Crippen MR) is 62.2 cm³/mol. The van der Waals surface area contributed by atoms with E-state index in [9.17, 15) is 13.2 Å². The normalized spacial score (nSPS) is 13.6. The number of nitrogens with one attached hydrogen (secondary N) is 1. The molecule has 16 heavy (non-hydrogen) atoms. The highest BCUT2D eigenvalue weighted by Gasteiger charge is 2.27. The third-order valence-electron chi connectivity index (χ3n) is 1.89. The van der Waals surface area contributed by atoms with Crippen LogP contribution in [0.5, 0.6) is 0 Å². The van der Waals surface area contributed by atoms with Gasteiger partial charge in [0.2, 0.25) is 10.0 Å². The van der Waals surface area contributed by atoms with Crippen molar-refractivity contribution in [1.82, 2.24) is 4.72 Å². The van der Waals surface area contributed by atoms with Crippen LogP contribution in [0.2, 0.25) is 4.34 Å². The maximum absolute atomic E-state index is 11.4. The van der Waals surface area contributed by atoms with Crippen LogP contribution in [-0.4, -0.2) is 24.7 Å². The Labute approximate surface area is 102 Å². The SMILES string of the molecule is CC(C(=O)O)S(=O)(=O)NCc1ccc(Cl)s1. The molecule has 1 aromatic heterocycles. The topological polar surface area (TPSA) is 83.5 Å². The van der Waals surface area contributed by atoms with Crippen LogP contribution in [0.15, 0.2) is 12.1 Å². The Balaban J connectivity index is 2.65. The van der Waals surface area contributed by atoms with Gasteiger partial charge in [-0.05, 0) is 19.1 Å². The summed E-state index contributed by atoms with van der Waals surface area (Å²) in [5, 5.41) is 7.11. The number of hydrogen-bond donors (Lipinski definition) is 2. The molecule has 1 rings (SSSR count). The summed E-state index contributed by atoms with van der Waals surface area (Å²) in [4.78, 5) is 11.3. The molecule has 1 unspecified atom stereocenters. The second-order valence-electron chi connectivity index (χ2n) is 3.05. The molecule has 0 bridgehead atoms. The second kappa shape index (κ2) is 5.13. The summed E-state index contributed by atoms with van der Waals surface area (Å²) in [6, 6.07) is 3.33. The lowest BCUT2D eigenvalue weighted by Crippen LogP contribution is -2.36. The van der Waals surface area contributed by atoms with Gasteiger partial charge in [-0.2, -0.15) is 0 Å². The number of hydrogen-bond acceptors (Lipinski definition) is 4. The second-order valence-corrected chi connectivity index (χ2v) is 6.94. The first-order chi connectivity index (χ1) is 7.33. The monoisotopic (exact) mass is 283 g/mol. The first-order valence-corrected chi connectivity index (χ1v) is 7.02. The number of rotatable bonds is 5. The Kier molecular flexibility index (Phi) is 4.31. The van der Waals surface area contributed by atoms with Crippen LogP contribution in [0.1, 0.15) is 11.8 Å². The van der Waals surface area contributed by atoms with Crippen molar-refractivity contribution in [3.05, 3.63) is 21.3 Å². The maximum Gasteiger partial charge on any atom is 0.323 e. The standard InChI is InChI=1S/C8H10ClNO4S2/c1-5(8(11)12)16(13,14)10-4-6-2-3-7(9)15-6/h2-3,5,10H,4H2,1H3,(H,11,12). The molecular weight excluding hydrogens is 274 g/mol. The van der Waals surface area contributed by atoms with Crippen LogP contribution >= 0.6 is 22.9 Å². The van der Waals surface area contributed by atoms with Crippen LogP contribution in [0.3, 0.4) is 0 Å². The van der Waals surface area contributed by atoms with Gasteiger partial charge >= 0.3 is 5.97 Å². The van der Waals surface area contributed by atoms with Gasteiger partial charge in [-0.15, -0.1) is 11.3 Å².